The van der Waals surface area contributed by atoms with Crippen LogP contribution in [-0.4, -0.2) is 29.7 Å². The molecule has 0 aromatic carbocycles. The van der Waals surface area contributed by atoms with Crippen molar-refractivity contribution in [2.45, 2.75) is 10.9 Å². The number of anilines is 1. The zero-order valence-corrected chi connectivity index (χ0v) is 10.5. The highest BCUT2D eigenvalue weighted by Crippen LogP contribution is 2.20. The Morgan fingerprint density at radius 3 is 3.00 bits per heavy atom. The van der Waals surface area contributed by atoms with Crippen molar-refractivity contribution in [3.63, 3.8) is 0 Å². The summed E-state index contributed by atoms with van der Waals surface area (Å²) in [4.78, 5) is 16.1. The van der Waals surface area contributed by atoms with E-state index in [0.717, 1.165) is 5.76 Å². The van der Waals surface area contributed by atoms with E-state index >= 15 is 0 Å². The molecule has 19 heavy (non-hydrogen) atoms. The molecule has 0 saturated heterocycles. The molecule has 0 unspecified atom stereocenters. The Labute approximate surface area is 112 Å². The number of rotatable bonds is 4. The Morgan fingerprint density at radius 1 is 1.32 bits per heavy atom. The molecule has 9 heteroatoms. The van der Waals surface area contributed by atoms with Crippen LogP contribution in [0.1, 0.15) is 5.76 Å². The standard InChI is InChI=1S/C10H9N7OS/c11-8-14-9(17-6-12-5-13-17)16-10(15-8)19-4-7-2-1-3-18-7/h1-3,5-6H,4H2,(H2,11,14,15,16). The Bertz CT molecular complexity index is 653. The number of hydrogen-bond donors (Lipinski definition) is 1. The number of furan rings is 1. The number of hydrogen-bond acceptors (Lipinski definition) is 8. The van der Waals surface area contributed by atoms with Gasteiger partial charge in [-0.2, -0.15) is 24.7 Å². The summed E-state index contributed by atoms with van der Waals surface area (Å²) in [7, 11) is 0. The molecule has 0 amide bonds. The monoisotopic (exact) mass is 275 g/mol. The van der Waals surface area contributed by atoms with Crippen LogP contribution in [-0.2, 0) is 5.75 Å². The summed E-state index contributed by atoms with van der Waals surface area (Å²) in [5, 5.41) is 4.46. The van der Waals surface area contributed by atoms with E-state index in [1.54, 1.807) is 6.26 Å². The van der Waals surface area contributed by atoms with Crippen LogP contribution in [0, 0.1) is 0 Å². The first-order valence-electron chi connectivity index (χ1n) is 5.33. The molecule has 0 fully saturated rings. The van der Waals surface area contributed by atoms with Crippen LogP contribution in [0.4, 0.5) is 5.95 Å². The second kappa shape index (κ2) is 5.06. The Balaban J connectivity index is 1.82. The first-order chi connectivity index (χ1) is 9.31. The van der Waals surface area contributed by atoms with Crippen molar-refractivity contribution in [1.29, 1.82) is 0 Å². The molecule has 0 spiro atoms. The van der Waals surface area contributed by atoms with E-state index in [2.05, 4.69) is 25.0 Å². The van der Waals surface area contributed by atoms with Gasteiger partial charge in [0.25, 0.3) is 5.95 Å². The van der Waals surface area contributed by atoms with E-state index in [1.807, 2.05) is 12.1 Å². The van der Waals surface area contributed by atoms with Crippen molar-refractivity contribution in [2.24, 2.45) is 0 Å². The molecule has 3 aromatic rings. The minimum absolute atomic E-state index is 0.141. The number of nitrogen functional groups attached to an aromatic ring is 1. The van der Waals surface area contributed by atoms with Gasteiger partial charge >= 0.3 is 0 Å². The minimum Gasteiger partial charge on any atom is -0.468 e. The second-order valence-electron chi connectivity index (χ2n) is 3.48. The second-order valence-corrected chi connectivity index (χ2v) is 4.43. The number of nitrogens with two attached hydrogens (primary N) is 1. The highest BCUT2D eigenvalue weighted by molar-refractivity contribution is 7.98. The van der Waals surface area contributed by atoms with Gasteiger partial charge < -0.3 is 10.2 Å². The van der Waals surface area contributed by atoms with Crippen molar-refractivity contribution in [3.8, 4) is 5.95 Å². The van der Waals surface area contributed by atoms with Crippen molar-refractivity contribution >= 4 is 17.7 Å². The van der Waals surface area contributed by atoms with Crippen molar-refractivity contribution < 1.29 is 4.42 Å². The van der Waals surface area contributed by atoms with Crippen LogP contribution in [0.25, 0.3) is 5.95 Å². The summed E-state index contributed by atoms with van der Waals surface area (Å²) >= 11 is 1.41. The summed E-state index contributed by atoms with van der Waals surface area (Å²) in [6.45, 7) is 0. The molecule has 96 valence electrons. The Morgan fingerprint density at radius 2 is 2.26 bits per heavy atom. The van der Waals surface area contributed by atoms with Gasteiger partial charge in [-0.25, -0.2) is 4.98 Å². The fourth-order valence-electron chi connectivity index (χ4n) is 1.37. The van der Waals surface area contributed by atoms with E-state index in [0.29, 0.717) is 16.9 Å². The number of thioether (sulfide) groups is 1. The van der Waals surface area contributed by atoms with Crippen LogP contribution in [0.3, 0.4) is 0 Å². The maximum absolute atomic E-state index is 5.65. The average Bonchev–Trinajstić information content (AvgIpc) is 3.09. The van der Waals surface area contributed by atoms with Crippen molar-refractivity contribution in [2.75, 3.05) is 5.73 Å². The van der Waals surface area contributed by atoms with E-state index in [1.165, 1.54) is 29.1 Å². The average molecular weight is 275 g/mol. The topological polar surface area (TPSA) is 109 Å². The Kier molecular flexibility index (Phi) is 3.11. The molecule has 0 aliphatic rings. The predicted octanol–water partition coefficient (Wildman–Crippen LogP) is 0.920. The highest BCUT2D eigenvalue weighted by atomic mass is 32.2. The lowest BCUT2D eigenvalue weighted by molar-refractivity contribution is 0.530. The summed E-state index contributed by atoms with van der Waals surface area (Å²) < 4.78 is 6.66. The van der Waals surface area contributed by atoms with E-state index in [4.69, 9.17) is 10.2 Å². The minimum atomic E-state index is 0.141. The maximum atomic E-state index is 5.65. The molecule has 3 rings (SSSR count). The number of aromatic nitrogens is 6. The van der Waals surface area contributed by atoms with Crippen molar-refractivity contribution in [3.05, 3.63) is 36.8 Å². The summed E-state index contributed by atoms with van der Waals surface area (Å²) in [5.74, 6) is 1.94. The summed E-state index contributed by atoms with van der Waals surface area (Å²) in [5.41, 5.74) is 5.65. The zero-order chi connectivity index (χ0) is 13.1. The van der Waals surface area contributed by atoms with Gasteiger partial charge in [0, 0.05) is 0 Å². The maximum Gasteiger partial charge on any atom is 0.257 e. The zero-order valence-electron chi connectivity index (χ0n) is 9.67. The largest absolute Gasteiger partial charge is 0.468 e. The van der Waals surface area contributed by atoms with Gasteiger partial charge in [-0.1, -0.05) is 11.8 Å². The molecule has 0 saturated carbocycles. The SMILES string of the molecule is Nc1nc(SCc2ccco2)nc(-n2cncn2)n1. The summed E-state index contributed by atoms with van der Waals surface area (Å²) in [6, 6.07) is 3.72. The lowest BCUT2D eigenvalue weighted by atomic mass is 10.5. The van der Waals surface area contributed by atoms with Crippen LogP contribution in [0.15, 0.2) is 40.6 Å². The van der Waals surface area contributed by atoms with Gasteiger partial charge in [-0.05, 0) is 12.1 Å². The van der Waals surface area contributed by atoms with E-state index < -0.39 is 0 Å². The normalized spacial score (nSPS) is 10.7. The molecule has 0 bridgehead atoms. The smallest absolute Gasteiger partial charge is 0.257 e. The summed E-state index contributed by atoms with van der Waals surface area (Å²) in [6.07, 6.45) is 4.52. The lowest BCUT2D eigenvalue weighted by Gasteiger charge is -2.03. The van der Waals surface area contributed by atoms with Gasteiger partial charge in [0.2, 0.25) is 5.95 Å². The first kappa shape index (κ1) is 11.7. The molecule has 3 aromatic heterocycles. The molecule has 0 atom stereocenters. The van der Waals surface area contributed by atoms with Gasteiger partial charge in [-0.15, -0.1) is 0 Å². The molecule has 3 heterocycles. The lowest BCUT2D eigenvalue weighted by Crippen LogP contribution is -2.07. The molecular weight excluding hydrogens is 266 g/mol. The molecule has 2 N–H and O–H groups in total. The third kappa shape index (κ3) is 2.71. The van der Waals surface area contributed by atoms with Crippen LogP contribution < -0.4 is 5.73 Å². The fourth-order valence-corrected chi connectivity index (χ4v) is 2.11. The van der Waals surface area contributed by atoms with Gasteiger partial charge in [0.1, 0.15) is 18.4 Å². The fraction of sp³-hybridized carbons (Fsp3) is 0.100. The van der Waals surface area contributed by atoms with Crippen LogP contribution in [0.2, 0.25) is 0 Å². The van der Waals surface area contributed by atoms with E-state index in [-0.39, 0.29) is 5.95 Å². The molecule has 0 radical (unpaired) electrons. The molecule has 0 aliphatic carbocycles. The van der Waals surface area contributed by atoms with Gasteiger partial charge in [0.05, 0.1) is 12.0 Å². The van der Waals surface area contributed by atoms with Gasteiger partial charge in [0.15, 0.2) is 5.16 Å². The van der Waals surface area contributed by atoms with Crippen LogP contribution in [0.5, 0.6) is 0 Å². The molecule has 0 aliphatic heterocycles. The number of nitrogens with zero attached hydrogens (tertiary/aromatic N) is 6. The van der Waals surface area contributed by atoms with E-state index in [9.17, 15) is 0 Å². The Hall–Kier alpha value is -2.42. The highest BCUT2D eigenvalue weighted by Gasteiger charge is 2.08. The third-order valence-electron chi connectivity index (χ3n) is 2.17. The van der Waals surface area contributed by atoms with Crippen LogP contribution >= 0.6 is 11.8 Å². The van der Waals surface area contributed by atoms with Gasteiger partial charge in [-0.3, -0.25) is 0 Å². The first-order valence-corrected chi connectivity index (χ1v) is 6.31. The molecule has 8 nitrogen and oxygen atoms in total. The quantitative estimate of drug-likeness (QED) is 0.700. The predicted molar refractivity (Wildman–Crippen MR) is 67.4 cm³/mol. The van der Waals surface area contributed by atoms with Crippen molar-refractivity contribution in [1.82, 2.24) is 29.7 Å². The third-order valence-corrected chi connectivity index (χ3v) is 3.04. The molecular formula is C10H9N7OS.